The summed E-state index contributed by atoms with van der Waals surface area (Å²) in [6.45, 7) is 0.0992. The van der Waals surface area contributed by atoms with Crippen molar-refractivity contribution >= 4 is 11.6 Å². The SMILES string of the molecule is Cn1nnn(-c2cccc(Cl)c2COc2ncccn2)c1=O. The molecule has 0 aliphatic heterocycles. The second-order valence-corrected chi connectivity index (χ2v) is 4.76. The molecule has 1 aromatic carbocycles. The molecule has 0 fully saturated rings. The summed E-state index contributed by atoms with van der Waals surface area (Å²) in [7, 11) is 1.52. The van der Waals surface area contributed by atoms with E-state index in [9.17, 15) is 4.79 Å². The van der Waals surface area contributed by atoms with E-state index in [4.69, 9.17) is 16.3 Å². The Morgan fingerprint density at radius 1 is 1.18 bits per heavy atom. The molecule has 0 spiro atoms. The predicted molar refractivity (Wildman–Crippen MR) is 78.0 cm³/mol. The molecule has 0 N–H and O–H groups in total. The van der Waals surface area contributed by atoms with Crippen LogP contribution < -0.4 is 10.4 Å². The third-order valence-corrected chi connectivity index (χ3v) is 3.29. The predicted octanol–water partition coefficient (Wildman–Crippen LogP) is 0.988. The molecule has 112 valence electrons. The molecule has 0 aliphatic carbocycles. The van der Waals surface area contributed by atoms with Crippen LogP contribution in [0.3, 0.4) is 0 Å². The molecule has 2 heterocycles. The zero-order valence-electron chi connectivity index (χ0n) is 11.5. The summed E-state index contributed by atoms with van der Waals surface area (Å²) < 4.78 is 7.80. The Labute approximate surface area is 129 Å². The molecule has 0 amide bonds. The summed E-state index contributed by atoms with van der Waals surface area (Å²) in [5, 5.41) is 7.95. The highest BCUT2D eigenvalue weighted by molar-refractivity contribution is 6.31. The summed E-state index contributed by atoms with van der Waals surface area (Å²) in [6.07, 6.45) is 3.14. The van der Waals surface area contributed by atoms with Crippen molar-refractivity contribution in [2.24, 2.45) is 7.05 Å². The van der Waals surface area contributed by atoms with Crippen molar-refractivity contribution in [3.8, 4) is 11.7 Å². The average Bonchev–Trinajstić information content (AvgIpc) is 2.86. The van der Waals surface area contributed by atoms with Crippen LogP contribution in [-0.4, -0.2) is 29.8 Å². The number of nitrogens with zero attached hydrogens (tertiary/aromatic N) is 6. The molecule has 0 atom stereocenters. The molecule has 8 nitrogen and oxygen atoms in total. The lowest BCUT2D eigenvalue weighted by Gasteiger charge is -2.10. The van der Waals surface area contributed by atoms with Crippen molar-refractivity contribution in [1.29, 1.82) is 0 Å². The van der Waals surface area contributed by atoms with E-state index in [1.807, 2.05) is 0 Å². The minimum atomic E-state index is -0.375. The van der Waals surface area contributed by atoms with Gasteiger partial charge in [-0.25, -0.2) is 14.8 Å². The smallest absolute Gasteiger partial charge is 0.368 e. The van der Waals surface area contributed by atoms with Crippen LogP contribution in [0, 0.1) is 0 Å². The van der Waals surface area contributed by atoms with Crippen LogP contribution in [0.4, 0.5) is 0 Å². The monoisotopic (exact) mass is 318 g/mol. The Hall–Kier alpha value is -2.74. The first-order chi connectivity index (χ1) is 10.7. The lowest BCUT2D eigenvalue weighted by Crippen LogP contribution is -2.23. The topological polar surface area (TPSA) is 87.7 Å². The average molecular weight is 319 g/mol. The van der Waals surface area contributed by atoms with E-state index in [0.717, 1.165) is 9.36 Å². The first-order valence-corrected chi connectivity index (χ1v) is 6.71. The fourth-order valence-electron chi connectivity index (χ4n) is 1.85. The van der Waals surface area contributed by atoms with Crippen molar-refractivity contribution in [3.63, 3.8) is 0 Å². The van der Waals surface area contributed by atoms with Crippen molar-refractivity contribution in [2.75, 3.05) is 0 Å². The first-order valence-electron chi connectivity index (χ1n) is 6.33. The number of tetrazole rings is 1. The number of hydrogen-bond acceptors (Lipinski definition) is 6. The number of halogens is 1. The number of aromatic nitrogens is 6. The van der Waals surface area contributed by atoms with Crippen molar-refractivity contribution in [1.82, 2.24) is 29.8 Å². The van der Waals surface area contributed by atoms with Gasteiger partial charge in [0.25, 0.3) is 0 Å². The minimum absolute atomic E-state index is 0.0992. The van der Waals surface area contributed by atoms with Gasteiger partial charge in [0.05, 0.1) is 5.69 Å². The van der Waals surface area contributed by atoms with Gasteiger partial charge in [-0.2, -0.15) is 9.36 Å². The van der Waals surface area contributed by atoms with Gasteiger partial charge in [-0.15, -0.1) is 0 Å². The molecule has 3 rings (SSSR count). The highest BCUT2D eigenvalue weighted by atomic mass is 35.5. The molecule has 0 saturated carbocycles. The van der Waals surface area contributed by atoms with Crippen LogP contribution in [0.15, 0.2) is 41.5 Å². The van der Waals surface area contributed by atoms with Crippen LogP contribution in [0.25, 0.3) is 5.69 Å². The normalized spacial score (nSPS) is 10.6. The Balaban J connectivity index is 1.97. The number of benzene rings is 1. The fraction of sp³-hybridized carbons (Fsp3) is 0.154. The van der Waals surface area contributed by atoms with Crippen molar-refractivity contribution in [2.45, 2.75) is 6.61 Å². The molecule has 0 aliphatic rings. The van der Waals surface area contributed by atoms with E-state index in [1.165, 1.54) is 7.05 Å². The molecule has 0 saturated heterocycles. The number of rotatable bonds is 4. The van der Waals surface area contributed by atoms with Gasteiger partial charge >= 0.3 is 11.7 Å². The fourth-order valence-corrected chi connectivity index (χ4v) is 2.07. The Bertz CT molecular complexity index is 845. The van der Waals surface area contributed by atoms with Crippen LogP contribution in [0.5, 0.6) is 6.01 Å². The van der Waals surface area contributed by atoms with Gasteiger partial charge in [-0.3, -0.25) is 0 Å². The van der Waals surface area contributed by atoms with Crippen LogP contribution >= 0.6 is 11.6 Å². The maximum absolute atomic E-state index is 12.0. The zero-order chi connectivity index (χ0) is 15.5. The molecule has 0 bridgehead atoms. The van der Waals surface area contributed by atoms with Crippen molar-refractivity contribution < 1.29 is 4.74 Å². The van der Waals surface area contributed by atoms with E-state index < -0.39 is 0 Å². The van der Waals surface area contributed by atoms with Gasteiger partial charge < -0.3 is 4.74 Å². The van der Waals surface area contributed by atoms with Gasteiger partial charge in [0.15, 0.2) is 0 Å². The Kier molecular flexibility index (Phi) is 3.84. The summed E-state index contributed by atoms with van der Waals surface area (Å²) in [5.74, 6) is 0. The van der Waals surface area contributed by atoms with E-state index in [1.54, 1.807) is 36.7 Å². The van der Waals surface area contributed by atoms with Gasteiger partial charge in [0, 0.05) is 30.0 Å². The van der Waals surface area contributed by atoms with E-state index >= 15 is 0 Å². The first kappa shape index (κ1) is 14.2. The molecule has 22 heavy (non-hydrogen) atoms. The van der Waals surface area contributed by atoms with Crippen LogP contribution in [0.2, 0.25) is 5.02 Å². The van der Waals surface area contributed by atoms with Gasteiger partial charge in [0.1, 0.15) is 6.61 Å². The quantitative estimate of drug-likeness (QED) is 0.713. The van der Waals surface area contributed by atoms with Crippen LogP contribution in [-0.2, 0) is 13.7 Å². The molecular formula is C13H11ClN6O2. The zero-order valence-corrected chi connectivity index (χ0v) is 12.3. The molecule has 0 radical (unpaired) electrons. The van der Waals surface area contributed by atoms with Gasteiger partial charge in [-0.05, 0) is 28.6 Å². The second-order valence-electron chi connectivity index (χ2n) is 4.35. The summed E-state index contributed by atoms with van der Waals surface area (Å²) in [4.78, 5) is 19.9. The lowest BCUT2D eigenvalue weighted by molar-refractivity contribution is 0.280. The lowest BCUT2D eigenvalue weighted by atomic mass is 10.2. The van der Waals surface area contributed by atoms with Crippen molar-refractivity contribution in [3.05, 3.63) is 57.7 Å². The van der Waals surface area contributed by atoms with E-state index in [2.05, 4.69) is 20.4 Å². The maximum Gasteiger partial charge on any atom is 0.368 e. The number of aryl methyl sites for hydroxylation is 1. The standard InChI is InChI=1S/C13H11ClN6O2/c1-19-13(21)20(18-17-19)11-5-2-4-10(14)9(11)8-22-12-15-6-3-7-16-12/h2-7H,8H2,1H3. The summed E-state index contributed by atoms with van der Waals surface area (Å²) in [6, 6.07) is 7.05. The van der Waals surface area contributed by atoms with Gasteiger partial charge in [0.2, 0.25) is 0 Å². The Morgan fingerprint density at radius 3 is 2.64 bits per heavy atom. The van der Waals surface area contributed by atoms with Gasteiger partial charge in [-0.1, -0.05) is 17.7 Å². The molecule has 0 unspecified atom stereocenters. The van der Waals surface area contributed by atoms with E-state index in [-0.39, 0.29) is 18.3 Å². The molecule has 2 aromatic heterocycles. The maximum atomic E-state index is 12.0. The number of hydrogen-bond donors (Lipinski definition) is 0. The summed E-state index contributed by atoms with van der Waals surface area (Å²) >= 11 is 6.21. The minimum Gasteiger partial charge on any atom is -0.458 e. The number of ether oxygens (including phenoxy) is 1. The summed E-state index contributed by atoms with van der Waals surface area (Å²) in [5.41, 5.74) is 0.722. The van der Waals surface area contributed by atoms with E-state index in [0.29, 0.717) is 16.3 Å². The Morgan fingerprint density at radius 2 is 1.95 bits per heavy atom. The highest BCUT2D eigenvalue weighted by Crippen LogP contribution is 2.23. The third-order valence-electron chi connectivity index (χ3n) is 2.93. The highest BCUT2D eigenvalue weighted by Gasteiger charge is 2.14. The third kappa shape index (κ3) is 2.68. The molecule has 9 heteroatoms. The molecule has 3 aromatic rings. The molecular weight excluding hydrogens is 308 g/mol. The second kappa shape index (κ2) is 5.94. The van der Waals surface area contributed by atoms with Crippen LogP contribution in [0.1, 0.15) is 5.56 Å². The largest absolute Gasteiger partial charge is 0.458 e.